The molecular formula is C17H17NO4S. The molecule has 0 saturated carbocycles. The monoisotopic (exact) mass is 331 g/mol. The lowest BCUT2D eigenvalue weighted by atomic mass is 10.0. The molecule has 23 heavy (non-hydrogen) atoms. The van der Waals surface area contributed by atoms with Crippen molar-refractivity contribution in [2.24, 2.45) is 0 Å². The quantitative estimate of drug-likeness (QED) is 0.867. The van der Waals surface area contributed by atoms with E-state index in [0.717, 1.165) is 5.56 Å². The number of Topliss-reactive ketones (excluding diaryl/α,β-unsaturated/α-hetero) is 1. The molecule has 0 atom stereocenters. The molecule has 0 bridgehead atoms. The van der Waals surface area contributed by atoms with E-state index < -0.39 is 10.0 Å². The Bertz CT molecular complexity index is 874. The van der Waals surface area contributed by atoms with Gasteiger partial charge in [0.25, 0.3) is 10.0 Å². The minimum atomic E-state index is -3.72. The molecular weight excluding hydrogens is 314 g/mol. The zero-order valence-electron chi connectivity index (χ0n) is 12.9. The van der Waals surface area contributed by atoms with Gasteiger partial charge in [0.05, 0.1) is 17.7 Å². The van der Waals surface area contributed by atoms with Gasteiger partial charge in [-0.1, -0.05) is 12.1 Å². The van der Waals surface area contributed by atoms with Crippen molar-refractivity contribution < 1.29 is 17.9 Å². The van der Waals surface area contributed by atoms with Gasteiger partial charge in [-0.05, 0) is 42.8 Å². The van der Waals surface area contributed by atoms with Crippen molar-refractivity contribution >= 4 is 21.5 Å². The zero-order chi connectivity index (χ0) is 16.6. The number of hydrogen-bond acceptors (Lipinski definition) is 4. The maximum Gasteiger partial charge on any atom is 0.264 e. The molecule has 1 aliphatic rings. The summed E-state index contributed by atoms with van der Waals surface area (Å²) in [5.74, 6) is 0.608. The second-order valence-electron chi connectivity index (χ2n) is 5.40. The Kier molecular flexibility index (Phi) is 3.85. The van der Waals surface area contributed by atoms with E-state index in [1.165, 1.54) is 10.4 Å². The van der Waals surface area contributed by atoms with Crippen LogP contribution in [0.4, 0.5) is 5.69 Å². The summed E-state index contributed by atoms with van der Waals surface area (Å²) in [4.78, 5) is 12.2. The molecule has 6 heteroatoms. The number of aryl methyl sites for hydroxylation is 1. The number of ether oxygens (including phenoxy) is 1. The molecule has 0 aromatic heterocycles. The summed E-state index contributed by atoms with van der Waals surface area (Å²) in [5.41, 5.74) is 1.64. The van der Waals surface area contributed by atoms with Gasteiger partial charge in [0, 0.05) is 18.5 Å². The van der Waals surface area contributed by atoms with Crippen LogP contribution in [-0.4, -0.2) is 27.9 Å². The normalized spacial score (nSPS) is 14.5. The van der Waals surface area contributed by atoms with E-state index in [9.17, 15) is 13.2 Å². The maximum atomic E-state index is 13.0. The molecule has 1 heterocycles. The van der Waals surface area contributed by atoms with E-state index >= 15 is 0 Å². The number of nitrogens with zero attached hydrogens (tertiary/aromatic N) is 1. The van der Waals surface area contributed by atoms with Crippen LogP contribution in [0, 0.1) is 6.92 Å². The van der Waals surface area contributed by atoms with Crippen LogP contribution in [-0.2, 0) is 10.0 Å². The third-order valence-electron chi connectivity index (χ3n) is 3.97. The molecule has 0 amide bonds. The fraction of sp³-hybridized carbons (Fsp3) is 0.235. The predicted octanol–water partition coefficient (Wildman–Crippen LogP) is 2.79. The van der Waals surface area contributed by atoms with Crippen molar-refractivity contribution in [1.82, 2.24) is 0 Å². The van der Waals surface area contributed by atoms with Crippen LogP contribution in [0.15, 0.2) is 47.4 Å². The van der Waals surface area contributed by atoms with Gasteiger partial charge in [-0.15, -0.1) is 0 Å². The molecule has 5 nitrogen and oxygen atoms in total. The van der Waals surface area contributed by atoms with Crippen molar-refractivity contribution in [3.63, 3.8) is 0 Å². The SMILES string of the molecule is COc1ccc(S(=O)(=O)N2CCC(=O)c3ccccc32)cc1C. The average molecular weight is 331 g/mol. The van der Waals surface area contributed by atoms with E-state index in [2.05, 4.69) is 0 Å². The second kappa shape index (κ2) is 5.70. The molecule has 0 radical (unpaired) electrons. The van der Waals surface area contributed by atoms with Gasteiger partial charge in [-0.25, -0.2) is 8.42 Å². The van der Waals surface area contributed by atoms with E-state index in [1.54, 1.807) is 50.4 Å². The zero-order valence-corrected chi connectivity index (χ0v) is 13.8. The lowest BCUT2D eigenvalue weighted by molar-refractivity contribution is 0.0982. The lowest BCUT2D eigenvalue weighted by Crippen LogP contribution is -2.37. The number of fused-ring (bicyclic) bond motifs is 1. The van der Waals surface area contributed by atoms with Crippen LogP contribution >= 0.6 is 0 Å². The maximum absolute atomic E-state index is 13.0. The molecule has 0 unspecified atom stereocenters. The first kappa shape index (κ1) is 15.6. The molecule has 1 aliphatic heterocycles. The first-order valence-electron chi connectivity index (χ1n) is 7.25. The number of rotatable bonds is 3. The number of anilines is 1. The average Bonchev–Trinajstić information content (AvgIpc) is 2.55. The molecule has 0 spiro atoms. The summed E-state index contributed by atoms with van der Waals surface area (Å²) in [6.07, 6.45) is 0.186. The van der Waals surface area contributed by atoms with Crippen LogP contribution < -0.4 is 9.04 Å². The Hall–Kier alpha value is -2.34. The Labute approximate surface area is 135 Å². The second-order valence-corrected chi connectivity index (χ2v) is 7.26. The summed E-state index contributed by atoms with van der Waals surface area (Å²) in [7, 11) is -2.18. The molecule has 0 saturated heterocycles. The highest BCUT2D eigenvalue weighted by Crippen LogP contribution is 2.32. The van der Waals surface area contributed by atoms with Crippen LogP contribution in [0.1, 0.15) is 22.3 Å². The number of carbonyl (C=O) groups is 1. The molecule has 3 rings (SSSR count). The first-order chi connectivity index (χ1) is 10.9. The highest BCUT2D eigenvalue weighted by molar-refractivity contribution is 7.92. The summed E-state index contributed by atoms with van der Waals surface area (Å²) < 4.78 is 32.5. The number of ketones is 1. The molecule has 120 valence electrons. The number of sulfonamides is 1. The first-order valence-corrected chi connectivity index (χ1v) is 8.69. The third-order valence-corrected chi connectivity index (χ3v) is 5.78. The van der Waals surface area contributed by atoms with Gasteiger partial charge in [-0.3, -0.25) is 9.10 Å². The van der Waals surface area contributed by atoms with Crippen LogP contribution in [0.5, 0.6) is 5.75 Å². The van der Waals surface area contributed by atoms with Crippen molar-refractivity contribution in [3.05, 3.63) is 53.6 Å². The fourth-order valence-corrected chi connectivity index (χ4v) is 4.34. The molecule has 2 aromatic carbocycles. The van der Waals surface area contributed by atoms with Crippen molar-refractivity contribution in [3.8, 4) is 5.75 Å². The highest BCUT2D eigenvalue weighted by Gasteiger charge is 2.32. The van der Waals surface area contributed by atoms with Crippen LogP contribution in [0.3, 0.4) is 0 Å². The van der Waals surface area contributed by atoms with E-state index in [4.69, 9.17) is 4.74 Å². The highest BCUT2D eigenvalue weighted by atomic mass is 32.2. The molecule has 2 aromatic rings. The molecule has 0 N–H and O–H groups in total. The van der Waals surface area contributed by atoms with Gasteiger partial charge < -0.3 is 4.74 Å². The van der Waals surface area contributed by atoms with E-state index in [1.807, 2.05) is 0 Å². The Balaban J connectivity index is 2.09. The smallest absolute Gasteiger partial charge is 0.264 e. The van der Waals surface area contributed by atoms with Crippen molar-refractivity contribution in [2.45, 2.75) is 18.2 Å². The van der Waals surface area contributed by atoms with Crippen LogP contribution in [0.25, 0.3) is 0 Å². The van der Waals surface area contributed by atoms with Gasteiger partial charge in [-0.2, -0.15) is 0 Å². The lowest BCUT2D eigenvalue weighted by Gasteiger charge is -2.29. The number of carbonyl (C=O) groups excluding carboxylic acids is 1. The molecule has 0 aliphatic carbocycles. The third kappa shape index (κ3) is 2.59. The largest absolute Gasteiger partial charge is 0.496 e. The number of hydrogen-bond donors (Lipinski definition) is 0. The summed E-state index contributed by atoms with van der Waals surface area (Å²) in [6, 6.07) is 11.6. The Morgan fingerprint density at radius 3 is 2.57 bits per heavy atom. The van der Waals surface area contributed by atoms with Crippen molar-refractivity contribution in [1.29, 1.82) is 0 Å². The summed E-state index contributed by atoms with van der Waals surface area (Å²) >= 11 is 0. The van der Waals surface area contributed by atoms with Gasteiger partial charge in [0.2, 0.25) is 0 Å². The van der Waals surface area contributed by atoms with Gasteiger partial charge in [0.1, 0.15) is 5.75 Å². The minimum Gasteiger partial charge on any atom is -0.496 e. The fourth-order valence-electron chi connectivity index (χ4n) is 2.77. The number of benzene rings is 2. The summed E-state index contributed by atoms with van der Waals surface area (Å²) in [5, 5.41) is 0. The summed E-state index contributed by atoms with van der Waals surface area (Å²) in [6.45, 7) is 1.95. The van der Waals surface area contributed by atoms with E-state index in [-0.39, 0.29) is 23.6 Å². The Morgan fingerprint density at radius 1 is 1.13 bits per heavy atom. The van der Waals surface area contributed by atoms with Crippen LogP contribution in [0.2, 0.25) is 0 Å². The van der Waals surface area contributed by atoms with E-state index in [0.29, 0.717) is 17.0 Å². The molecule has 0 fully saturated rings. The number of methoxy groups -OCH3 is 1. The van der Waals surface area contributed by atoms with Gasteiger partial charge >= 0.3 is 0 Å². The van der Waals surface area contributed by atoms with Crippen molar-refractivity contribution in [2.75, 3.05) is 18.0 Å². The Morgan fingerprint density at radius 2 is 1.87 bits per heavy atom. The number of para-hydroxylation sites is 1. The van der Waals surface area contributed by atoms with Gasteiger partial charge in [0.15, 0.2) is 5.78 Å². The predicted molar refractivity (Wildman–Crippen MR) is 87.7 cm³/mol. The topological polar surface area (TPSA) is 63.7 Å². The minimum absolute atomic E-state index is 0.0297. The standard InChI is InChI=1S/C17H17NO4S/c1-12-11-13(7-8-17(12)22-2)23(20,21)18-10-9-16(19)14-5-3-4-6-15(14)18/h3-8,11H,9-10H2,1-2H3.